The number of ether oxygens (including phenoxy) is 5. The van der Waals surface area contributed by atoms with Crippen LogP contribution in [0.2, 0.25) is 5.02 Å². The first kappa shape index (κ1) is 83.8. The van der Waals surface area contributed by atoms with E-state index in [1.54, 1.807) is 100 Å². The monoisotopic (exact) mass is 1470 g/mol. The van der Waals surface area contributed by atoms with Crippen molar-refractivity contribution >= 4 is 69.6 Å². The van der Waals surface area contributed by atoms with Crippen molar-refractivity contribution < 1.29 is 65.7 Å². The van der Waals surface area contributed by atoms with Crippen molar-refractivity contribution in [2.45, 2.75) is 282 Å². The zero-order valence-corrected chi connectivity index (χ0v) is 64.8. The zero-order valence-electron chi connectivity index (χ0n) is 63.3. The number of rotatable bonds is 29. The van der Waals surface area contributed by atoms with Gasteiger partial charge in [-0.2, -0.15) is 0 Å². The van der Waals surface area contributed by atoms with Gasteiger partial charge in [-0.25, -0.2) is 32.3 Å². The van der Waals surface area contributed by atoms with Crippen LogP contribution in [-0.2, 0) is 60.2 Å². The lowest BCUT2D eigenvalue weighted by Crippen LogP contribution is -2.57. The highest BCUT2D eigenvalue weighted by molar-refractivity contribution is 7.90. The molecule has 6 amide bonds. The summed E-state index contributed by atoms with van der Waals surface area (Å²) in [5, 5.41) is 16.7. The fraction of sp³-hybridized carbons (Fsp3) is 0.590. The SMILES string of the molecule is Cc1c(C)c(S(=O)(=O)NC(N)=NCCC[C@H](NC(=O)[C@H](CCCCNC(=O)OC(C)(C)C)NC(=O)[C@H](CCCCNC(=O)OC(C)(C)C)NC(=O)[C@H](C)NC(=O)OC(C)(C)C)C(=O)OC(c2ccccc2)(c2ccc(C3CCCCCCCCC3)cc2)c2ccccc2Cl)c(C)c2c1CC(C)(C)O2. The number of carbonyl (C=O) groups is 7. The molecule has 4 aromatic carbocycles. The number of nitrogens with zero attached hydrogens (tertiary/aromatic N) is 1. The molecule has 5 atom stereocenters. The van der Waals surface area contributed by atoms with Crippen LogP contribution in [0, 0.1) is 20.8 Å². The van der Waals surface area contributed by atoms with E-state index >= 15 is 9.59 Å². The number of esters is 1. The number of guanidine groups is 1. The third kappa shape index (κ3) is 25.9. The molecule has 0 saturated heterocycles. The van der Waals surface area contributed by atoms with Gasteiger partial charge in [0.1, 0.15) is 52.3 Å². The third-order valence-electron chi connectivity index (χ3n) is 18.0. The first-order valence-electron chi connectivity index (χ1n) is 36.4. The van der Waals surface area contributed by atoms with E-state index in [2.05, 4.69) is 53.7 Å². The molecule has 1 aliphatic carbocycles. The van der Waals surface area contributed by atoms with Gasteiger partial charge in [0.2, 0.25) is 23.7 Å². The second-order valence-electron chi connectivity index (χ2n) is 30.8. The minimum atomic E-state index is -4.35. The van der Waals surface area contributed by atoms with Crippen LogP contribution in [0.3, 0.4) is 0 Å². The largest absolute Gasteiger partial charge is 0.487 e. The highest BCUT2D eigenvalue weighted by atomic mass is 35.5. The number of nitrogens with two attached hydrogens (primary N) is 1. The molecule has 1 saturated carbocycles. The molecular formula is C78H114ClN9O14S. The maximum atomic E-state index is 16.0. The Bertz CT molecular complexity index is 3690. The number of carbonyl (C=O) groups excluding carboxylic acids is 7. The fourth-order valence-corrected chi connectivity index (χ4v) is 14.7. The zero-order chi connectivity index (χ0) is 76.1. The summed E-state index contributed by atoms with van der Waals surface area (Å²) in [7, 11) is -4.35. The molecule has 9 N–H and O–H groups in total. The summed E-state index contributed by atoms with van der Waals surface area (Å²) in [6, 6.07) is 18.9. The number of alkyl carbamates (subject to hydrolysis) is 3. The lowest BCUT2D eigenvalue weighted by Gasteiger charge is -2.37. The highest BCUT2D eigenvalue weighted by Gasteiger charge is 2.45. The Morgan fingerprint density at radius 1 is 0.583 bits per heavy atom. The molecule has 568 valence electrons. The van der Waals surface area contributed by atoms with Crippen molar-refractivity contribution in [2.24, 2.45) is 10.7 Å². The molecule has 2 aliphatic rings. The van der Waals surface area contributed by atoms with Gasteiger partial charge in [0.15, 0.2) is 5.60 Å². The maximum Gasteiger partial charge on any atom is 0.408 e. The maximum absolute atomic E-state index is 16.0. The average Bonchev–Trinajstić information content (AvgIpc) is 1.43. The quantitative estimate of drug-likeness (QED) is 0.00626. The number of hydrogen-bond donors (Lipinski definition) is 8. The summed E-state index contributed by atoms with van der Waals surface area (Å²) in [6.45, 7) is 26.1. The van der Waals surface area contributed by atoms with Crippen molar-refractivity contribution in [1.29, 1.82) is 0 Å². The van der Waals surface area contributed by atoms with Gasteiger partial charge in [-0.1, -0.05) is 129 Å². The minimum absolute atomic E-state index is 0.00167. The van der Waals surface area contributed by atoms with Crippen LogP contribution < -0.4 is 47.1 Å². The molecule has 4 aromatic rings. The Kier molecular flexibility index (Phi) is 30.6. The van der Waals surface area contributed by atoms with Crippen LogP contribution in [0.15, 0.2) is 88.8 Å². The summed E-state index contributed by atoms with van der Waals surface area (Å²) in [5.74, 6) is -2.93. The second-order valence-corrected chi connectivity index (χ2v) is 32.8. The van der Waals surface area contributed by atoms with Crippen molar-refractivity contribution in [2.75, 3.05) is 19.6 Å². The van der Waals surface area contributed by atoms with E-state index in [4.69, 9.17) is 41.0 Å². The Morgan fingerprint density at radius 3 is 1.59 bits per heavy atom. The second kappa shape index (κ2) is 37.5. The summed E-state index contributed by atoms with van der Waals surface area (Å²) in [6.07, 6.45) is 9.56. The molecule has 6 rings (SSSR count). The molecule has 1 unspecified atom stereocenters. The Morgan fingerprint density at radius 2 is 1.06 bits per heavy atom. The average molecular weight is 1470 g/mol. The normalized spacial score (nSPS) is 16.3. The summed E-state index contributed by atoms with van der Waals surface area (Å²) >= 11 is 7.27. The fourth-order valence-electron chi connectivity index (χ4n) is 12.9. The number of nitrogens with one attached hydrogen (secondary N) is 7. The van der Waals surface area contributed by atoms with E-state index in [0.29, 0.717) is 58.7 Å². The molecule has 0 aromatic heterocycles. The number of aliphatic imine (C=N–C) groups is 1. The van der Waals surface area contributed by atoms with E-state index in [1.807, 2.05) is 63.2 Å². The van der Waals surface area contributed by atoms with Crippen LogP contribution in [0.1, 0.15) is 243 Å². The molecule has 103 heavy (non-hydrogen) atoms. The van der Waals surface area contributed by atoms with Crippen LogP contribution in [0.25, 0.3) is 0 Å². The van der Waals surface area contributed by atoms with Crippen molar-refractivity contribution in [1.82, 2.24) is 36.6 Å². The number of sulfonamides is 1. The van der Waals surface area contributed by atoms with E-state index < -0.39 is 110 Å². The number of unbranched alkanes of at least 4 members (excludes halogenated alkanes) is 2. The Labute approximate surface area is 615 Å². The molecule has 25 heteroatoms. The van der Waals surface area contributed by atoms with Gasteiger partial charge < -0.3 is 61.3 Å². The van der Waals surface area contributed by atoms with E-state index in [-0.39, 0.29) is 68.1 Å². The van der Waals surface area contributed by atoms with Gasteiger partial charge in [-0.15, -0.1) is 0 Å². The van der Waals surface area contributed by atoms with Crippen molar-refractivity contribution in [3.8, 4) is 5.75 Å². The Hall–Kier alpha value is -8.12. The molecule has 1 fully saturated rings. The minimum Gasteiger partial charge on any atom is -0.487 e. The summed E-state index contributed by atoms with van der Waals surface area (Å²) in [4.78, 5) is 103. The predicted octanol–water partition coefficient (Wildman–Crippen LogP) is 13.3. The van der Waals surface area contributed by atoms with Crippen LogP contribution >= 0.6 is 11.6 Å². The Balaban J connectivity index is 1.41. The topological polar surface area (TPSA) is 322 Å². The summed E-state index contributed by atoms with van der Waals surface area (Å²) in [5.41, 5.74) is 7.04. The highest BCUT2D eigenvalue weighted by Crippen LogP contribution is 2.46. The third-order valence-corrected chi connectivity index (χ3v) is 19.9. The first-order chi connectivity index (χ1) is 48.3. The van der Waals surface area contributed by atoms with E-state index in [9.17, 15) is 32.4 Å². The lowest BCUT2D eigenvalue weighted by molar-refractivity contribution is -0.157. The van der Waals surface area contributed by atoms with Gasteiger partial charge in [-0.05, 0) is 197 Å². The van der Waals surface area contributed by atoms with Gasteiger partial charge >= 0.3 is 24.2 Å². The lowest BCUT2D eigenvalue weighted by atomic mass is 9.78. The van der Waals surface area contributed by atoms with Crippen LogP contribution in [-0.4, -0.2) is 123 Å². The summed E-state index contributed by atoms with van der Waals surface area (Å²) < 4.78 is 60.7. The van der Waals surface area contributed by atoms with Crippen molar-refractivity contribution in [3.63, 3.8) is 0 Å². The van der Waals surface area contributed by atoms with E-state index in [1.165, 1.54) is 39.0 Å². The molecule has 0 bridgehead atoms. The van der Waals surface area contributed by atoms with Gasteiger partial charge in [0.25, 0.3) is 10.0 Å². The van der Waals surface area contributed by atoms with Gasteiger partial charge in [0.05, 0.1) is 4.90 Å². The molecule has 0 radical (unpaired) electrons. The molecular weight excluding hydrogens is 1350 g/mol. The first-order valence-corrected chi connectivity index (χ1v) is 38.3. The smallest absolute Gasteiger partial charge is 0.408 e. The van der Waals surface area contributed by atoms with Crippen LogP contribution in [0.4, 0.5) is 14.4 Å². The number of benzene rings is 4. The van der Waals surface area contributed by atoms with Gasteiger partial charge in [0, 0.05) is 58.9 Å². The molecule has 23 nitrogen and oxygen atoms in total. The number of fused-ring (bicyclic) bond motifs is 1. The van der Waals surface area contributed by atoms with Gasteiger partial charge in [-0.3, -0.25) is 19.4 Å². The molecule has 1 aliphatic heterocycles. The number of halogens is 1. The van der Waals surface area contributed by atoms with Crippen molar-refractivity contribution in [3.05, 3.63) is 128 Å². The standard InChI is InChI=1S/C78H114ClN9O14S/c1-50-51(2)65(52(3)64-58(50)49-77(14,15)98-64)103(96,97)88-70(80)81-48-32-41-63(69(92)99-78(56-35-24-21-25-36-56,59-37-26-27-38-60(59)79)57-44-42-55(43-45-57)54-33-22-19-17-16-18-20-23-34-54)87-68(91)62(40-29-31-47-83-72(94)101-75(8,9)10)86-67(90)61(39-28-30-46-82-71(93)100-74(5,6)7)85-66(89)53(4)84-73(95)102-76(11,12)13/h21,24-27,35-38,42-45,53-54,61-63H,16-20,22-23,28-34,39-41,46-49H2,1-15H3,(H,82,93)(H,83,94)(H,84,95)(H,85,89)(H,86,90)(H,87,91)(H3,80,81,88)/t53-,61-,62-,63-,78?/m0/s1. The predicted molar refractivity (Wildman–Crippen MR) is 401 cm³/mol. The molecule has 0 spiro atoms. The van der Waals surface area contributed by atoms with E-state index in [0.717, 1.165) is 42.4 Å². The van der Waals surface area contributed by atoms with Crippen LogP contribution in [0.5, 0.6) is 5.75 Å². The number of hydrogen-bond acceptors (Lipinski definition) is 15. The molecule has 1 heterocycles. The number of amides is 6.